The van der Waals surface area contributed by atoms with Crippen molar-refractivity contribution in [3.63, 3.8) is 0 Å². The highest BCUT2D eigenvalue weighted by atomic mass is 32.2. The molecule has 1 saturated heterocycles. The Hall–Kier alpha value is -2.44. The van der Waals surface area contributed by atoms with Gasteiger partial charge in [0.25, 0.3) is 0 Å². The number of ether oxygens (including phenoxy) is 1. The van der Waals surface area contributed by atoms with Crippen molar-refractivity contribution in [1.29, 1.82) is 0 Å². The van der Waals surface area contributed by atoms with Crippen LogP contribution in [0.5, 0.6) is 0 Å². The number of hydrogen-bond acceptors (Lipinski definition) is 5. The van der Waals surface area contributed by atoms with Gasteiger partial charge < -0.3 is 9.64 Å². The summed E-state index contributed by atoms with van der Waals surface area (Å²) in [5.41, 5.74) is 3.52. The molecule has 0 aliphatic carbocycles. The molecule has 0 unspecified atom stereocenters. The Morgan fingerprint density at radius 3 is 2.29 bits per heavy atom. The lowest BCUT2D eigenvalue weighted by molar-refractivity contribution is -0.140. The zero-order valence-corrected chi connectivity index (χ0v) is 16.9. The van der Waals surface area contributed by atoms with Gasteiger partial charge in [0.15, 0.2) is 0 Å². The van der Waals surface area contributed by atoms with Gasteiger partial charge in [0.1, 0.15) is 10.7 Å². The van der Waals surface area contributed by atoms with Crippen molar-refractivity contribution in [2.45, 2.75) is 31.1 Å². The largest absolute Gasteiger partial charge is 0.372 e. The standard InChI is InChI=1S/C22H23N3O2S/c1-15-12-25(13-16(2)27-15)20(26)14-28-22-21(17-8-4-3-5-9-17)23-18-10-6-7-11-19(18)24-22/h3-11,15-16H,12-14H2,1-2H3/t15-,16+. The summed E-state index contributed by atoms with van der Waals surface area (Å²) in [6.45, 7) is 5.29. The maximum atomic E-state index is 12.8. The van der Waals surface area contributed by atoms with E-state index in [0.717, 1.165) is 27.3 Å². The second-order valence-electron chi connectivity index (χ2n) is 7.08. The Kier molecular flexibility index (Phi) is 5.59. The molecule has 2 aromatic carbocycles. The smallest absolute Gasteiger partial charge is 0.233 e. The molecule has 144 valence electrons. The number of aromatic nitrogens is 2. The molecule has 1 aliphatic rings. The number of amides is 1. The van der Waals surface area contributed by atoms with Gasteiger partial charge in [-0.15, -0.1) is 0 Å². The summed E-state index contributed by atoms with van der Waals surface area (Å²) in [7, 11) is 0. The van der Waals surface area contributed by atoms with E-state index in [2.05, 4.69) is 0 Å². The zero-order valence-electron chi connectivity index (χ0n) is 16.0. The van der Waals surface area contributed by atoms with E-state index in [0.29, 0.717) is 18.8 Å². The van der Waals surface area contributed by atoms with Crippen LogP contribution in [0.2, 0.25) is 0 Å². The Morgan fingerprint density at radius 1 is 1.00 bits per heavy atom. The number of carbonyl (C=O) groups excluding carboxylic acids is 1. The normalized spacial score (nSPS) is 19.7. The first-order valence-electron chi connectivity index (χ1n) is 9.48. The fraction of sp³-hybridized carbons (Fsp3) is 0.318. The molecule has 1 aliphatic heterocycles. The van der Waals surface area contributed by atoms with Crippen molar-refractivity contribution in [1.82, 2.24) is 14.9 Å². The third kappa shape index (κ3) is 4.18. The van der Waals surface area contributed by atoms with Gasteiger partial charge in [-0.3, -0.25) is 4.79 Å². The first-order valence-corrected chi connectivity index (χ1v) is 10.5. The Balaban J connectivity index is 1.59. The molecular weight excluding hydrogens is 370 g/mol. The fourth-order valence-corrected chi connectivity index (χ4v) is 4.38. The fourth-order valence-electron chi connectivity index (χ4n) is 3.47. The van der Waals surface area contributed by atoms with E-state index in [1.807, 2.05) is 73.3 Å². The third-order valence-corrected chi connectivity index (χ3v) is 5.64. The van der Waals surface area contributed by atoms with Crippen LogP contribution in [0.4, 0.5) is 0 Å². The predicted molar refractivity (Wildman–Crippen MR) is 112 cm³/mol. The molecule has 0 spiro atoms. The van der Waals surface area contributed by atoms with Crippen molar-refractivity contribution in [3.05, 3.63) is 54.6 Å². The lowest BCUT2D eigenvalue weighted by Gasteiger charge is -2.35. The Bertz CT molecular complexity index is 970. The number of benzene rings is 2. The summed E-state index contributed by atoms with van der Waals surface area (Å²) in [6.07, 6.45) is 0.135. The van der Waals surface area contributed by atoms with Gasteiger partial charge in [0.2, 0.25) is 5.91 Å². The maximum Gasteiger partial charge on any atom is 0.233 e. The van der Waals surface area contributed by atoms with Crippen molar-refractivity contribution >= 4 is 28.7 Å². The maximum absolute atomic E-state index is 12.8. The molecule has 28 heavy (non-hydrogen) atoms. The number of nitrogens with zero attached hydrogens (tertiary/aromatic N) is 3. The van der Waals surface area contributed by atoms with Gasteiger partial charge in [-0.05, 0) is 26.0 Å². The molecule has 1 aromatic heterocycles. The summed E-state index contributed by atoms with van der Waals surface area (Å²) in [5, 5.41) is 0.785. The predicted octanol–water partition coefficient (Wildman–Crippen LogP) is 4.02. The molecule has 0 saturated carbocycles. The molecule has 2 heterocycles. The number of morpholine rings is 1. The first-order chi connectivity index (χ1) is 13.6. The topological polar surface area (TPSA) is 55.3 Å². The van der Waals surface area contributed by atoms with Crippen molar-refractivity contribution in [2.75, 3.05) is 18.8 Å². The molecule has 2 atom stereocenters. The average molecular weight is 394 g/mol. The lowest BCUT2D eigenvalue weighted by Crippen LogP contribution is -2.48. The zero-order chi connectivity index (χ0) is 19.5. The third-order valence-electron chi connectivity index (χ3n) is 4.69. The summed E-state index contributed by atoms with van der Waals surface area (Å²) >= 11 is 1.46. The quantitative estimate of drug-likeness (QED) is 0.627. The van der Waals surface area contributed by atoms with E-state index < -0.39 is 0 Å². The van der Waals surface area contributed by atoms with E-state index in [1.165, 1.54) is 11.8 Å². The molecule has 6 heteroatoms. The molecule has 0 radical (unpaired) electrons. The van der Waals surface area contributed by atoms with Gasteiger partial charge in [-0.2, -0.15) is 0 Å². The highest BCUT2D eigenvalue weighted by Gasteiger charge is 2.26. The number of para-hydroxylation sites is 2. The number of carbonyl (C=O) groups is 1. The molecular formula is C22H23N3O2S. The van der Waals surface area contributed by atoms with Crippen LogP contribution in [0.3, 0.4) is 0 Å². The summed E-state index contributed by atoms with van der Waals surface area (Å²) in [6, 6.07) is 17.8. The minimum absolute atomic E-state index is 0.0676. The van der Waals surface area contributed by atoms with Crippen LogP contribution < -0.4 is 0 Å². The van der Waals surface area contributed by atoms with Crippen molar-refractivity contribution < 1.29 is 9.53 Å². The minimum Gasteiger partial charge on any atom is -0.372 e. The van der Waals surface area contributed by atoms with Gasteiger partial charge in [-0.1, -0.05) is 54.2 Å². The number of rotatable bonds is 4. The van der Waals surface area contributed by atoms with E-state index in [9.17, 15) is 4.79 Å². The van der Waals surface area contributed by atoms with Gasteiger partial charge in [0.05, 0.1) is 29.0 Å². The molecule has 0 bridgehead atoms. The second-order valence-corrected chi connectivity index (χ2v) is 8.04. The number of fused-ring (bicyclic) bond motifs is 1. The SMILES string of the molecule is C[C@@H]1CN(C(=O)CSc2nc3ccccc3nc2-c2ccccc2)C[C@H](C)O1. The summed E-state index contributed by atoms with van der Waals surface area (Å²) < 4.78 is 5.73. The van der Waals surface area contributed by atoms with Crippen LogP contribution in [0.15, 0.2) is 59.6 Å². The average Bonchev–Trinajstić information content (AvgIpc) is 2.71. The Labute approximate surface area is 169 Å². The van der Waals surface area contributed by atoms with Crippen LogP contribution >= 0.6 is 11.8 Å². The Morgan fingerprint density at radius 2 is 1.61 bits per heavy atom. The van der Waals surface area contributed by atoms with Gasteiger partial charge >= 0.3 is 0 Å². The lowest BCUT2D eigenvalue weighted by atomic mass is 10.1. The van der Waals surface area contributed by atoms with E-state index in [4.69, 9.17) is 14.7 Å². The highest BCUT2D eigenvalue weighted by molar-refractivity contribution is 8.00. The van der Waals surface area contributed by atoms with Crippen LogP contribution in [0, 0.1) is 0 Å². The van der Waals surface area contributed by atoms with Crippen LogP contribution in [0.1, 0.15) is 13.8 Å². The molecule has 0 N–H and O–H groups in total. The van der Waals surface area contributed by atoms with E-state index >= 15 is 0 Å². The van der Waals surface area contributed by atoms with Gasteiger partial charge in [-0.25, -0.2) is 9.97 Å². The highest BCUT2D eigenvalue weighted by Crippen LogP contribution is 2.30. The molecule has 3 aromatic rings. The molecule has 4 rings (SSSR count). The number of thioether (sulfide) groups is 1. The molecule has 1 fully saturated rings. The minimum atomic E-state index is 0.0676. The van der Waals surface area contributed by atoms with Gasteiger partial charge in [0, 0.05) is 18.7 Å². The van der Waals surface area contributed by atoms with E-state index in [1.54, 1.807) is 0 Å². The monoisotopic (exact) mass is 393 g/mol. The first kappa shape index (κ1) is 18.9. The van der Waals surface area contributed by atoms with Crippen molar-refractivity contribution in [3.8, 4) is 11.3 Å². The van der Waals surface area contributed by atoms with E-state index in [-0.39, 0.29) is 18.1 Å². The van der Waals surface area contributed by atoms with Crippen LogP contribution in [-0.4, -0.2) is 51.8 Å². The summed E-state index contributed by atoms with van der Waals surface area (Å²) in [5.74, 6) is 0.452. The molecule has 5 nitrogen and oxygen atoms in total. The van der Waals surface area contributed by atoms with Crippen molar-refractivity contribution in [2.24, 2.45) is 0 Å². The molecule has 1 amide bonds. The second kappa shape index (κ2) is 8.29. The number of hydrogen-bond donors (Lipinski definition) is 0. The van der Waals surface area contributed by atoms with Crippen LogP contribution in [0.25, 0.3) is 22.3 Å². The van der Waals surface area contributed by atoms with Crippen LogP contribution in [-0.2, 0) is 9.53 Å². The summed E-state index contributed by atoms with van der Waals surface area (Å²) in [4.78, 5) is 24.3.